The molecular weight excluding hydrogens is 679 g/mol. The average Bonchev–Trinajstić information content (AvgIpc) is 3.45. The number of esters is 1. The number of carbonyl (C=O) groups is 2. The number of ether oxygens (including phenoxy) is 1. The van der Waals surface area contributed by atoms with E-state index in [0.29, 0.717) is 31.2 Å². The summed E-state index contributed by atoms with van der Waals surface area (Å²) in [5.74, 6) is 5.81. The molecule has 0 saturated heterocycles. The third kappa shape index (κ3) is 12.8. The average molecular weight is 768 g/mol. The van der Waals surface area contributed by atoms with Crippen molar-refractivity contribution in [2.24, 2.45) is 63.7 Å². The van der Waals surface area contributed by atoms with Crippen molar-refractivity contribution in [1.82, 2.24) is 4.90 Å². The van der Waals surface area contributed by atoms with Gasteiger partial charge in [0.05, 0.1) is 0 Å². The Morgan fingerprint density at radius 3 is 2.20 bits per heavy atom. The van der Waals surface area contributed by atoms with Crippen LogP contribution in [0.1, 0.15) is 204 Å². The molecule has 0 heterocycles. The van der Waals surface area contributed by atoms with Gasteiger partial charge in [-0.1, -0.05) is 91.7 Å². The number of nitrogens with two attached hydrogens (primary N) is 2. The lowest BCUT2D eigenvalue weighted by Gasteiger charge is -2.58. The van der Waals surface area contributed by atoms with E-state index in [4.69, 9.17) is 16.2 Å². The summed E-state index contributed by atoms with van der Waals surface area (Å²) < 4.78 is 6.15. The maximum Gasteiger partial charge on any atom is 0.306 e. The van der Waals surface area contributed by atoms with Gasteiger partial charge in [0.2, 0.25) is 5.91 Å². The van der Waals surface area contributed by atoms with Crippen LogP contribution in [0.4, 0.5) is 0 Å². The van der Waals surface area contributed by atoms with Crippen molar-refractivity contribution in [3.8, 4) is 0 Å². The Balaban J connectivity index is 1.23. The molecule has 3 fully saturated rings. The van der Waals surface area contributed by atoms with Crippen LogP contribution < -0.4 is 11.5 Å². The predicted octanol–water partition coefficient (Wildman–Crippen LogP) is 11.8. The molecule has 0 aliphatic heterocycles. The van der Waals surface area contributed by atoms with Crippen LogP contribution in [0.2, 0.25) is 0 Å². The summed E-state index contributed by atoms with van der Waals surface area (Å²) in [6.07, 6.45) is 25.2. The van der Waals surface area contributed by atoms with Crippen molar-refractivity contribution in [3.05, 3.63) is 11.6 Å². The minimum absolute atomic E-state index is 0.0263. The third-order valence-corrected chi connectivity index (χ3v) is 16.0. The fraction of sp³-hybridized carbons (Fsp3) is 0.918. The predicted molar refractivity (Wildman–Crippen MR) is 231 cm³/mol. The normalized spacial score (nSPS) is 30.6. The van der Waals surface area contributed by atoms with Gasteiger partial charge in [0.25, 0.3) is 0 Å². The van der Waals surface area contributed by atoms with E-state index in [2.05, 4.69) is 61.5 Å². The van der Waals surface area contributed by atoms with E-state index in [0.717, 1.165) is 99.3 Å². The third-order valence-electron chi connectivity index (χ3n) is 16.0. The Hall–Kier alpha value is -1.40. The number of hydrogen-bond acceptors (Lipinski definition) is 5. The number of amides is 1. The molecule has 4 aliphatic carbocycles. The van der Waals surface area contributed by atoms with Crippen LogP contribution in [0.25, 0.3) is 0 Å². The monoisotopic (exact) mass is 768 g/mol. The SMILES string of the molecule is CC[C@H](CC[C@@H](C)C1CCC2C3CC=C4CC(OC(=O)CCCC(=O)N(CCCCCCCC(C)(C)N)CCC(C)(C)N)CCC4(C)C3CCC21C)C(C)C. The highest BCUT2D eigenvalue weighted by Gasteiger charge is 2.59. The molecule has 9 atom stereocenters. The van der Waals surface area contributed by atoms with Crippen LogP contribution in [0.5, 0.6) is 0 Å². The van der Waals surface area contributed by atoms with Crippen LogP contribution in [0.3, 0.4) is 0 Å². The van der Waals surface area contributed by atoms with Gasteiger partial charge in [-0.3, -0.25) is 9.59 Å². The van der Waals surface area contributed by atoms with Gasteiger partial charge in [-0.15, -0.1) is 0 Å². The van der Waals surface area contributed by atoms with Gasteiger partial charge in [0.15, 0.2) is 0 Å². The molecule has 55 heavy (non-hydrogen) atoms. The summed E-state index contributed by atoms with van der Waals surface area (Å²) >= 11 is 0. The first-order chi connectivity index (χ1) is 25.8. The zero-order chi connectivity index (χ0) is 40.6. The van der Waals surface area contributed by atoms with Gasteiger partial charge < -0.3 is 21.1 Å². The van der Waals surface area contributed by atoms with Gasteiger partial charge in [-0.05, 0) is 157 Å². The number of allylic oxidation sites excluding steroid dienone is 1. The van der Waals surface area contributed by atoms with Crippen molar-refractivity contribution < 1.29 is 14.3 Å². The van der Waals surface area contributed by atoms with Crippen molar-refractivity contribution in [2.45, 2.75) is 221 Å². The molecule has 0 spiro atoms. The second kappa shape index (κ2) is 20.0. The number of carbonyl (C=O) groups excluding carboxylic acids is 2. The molecule has 0 bridgehead atoms. The highest BCUT2D eigenvalue weighted by atomic mass is 16.5. The summed E-state index contributed by atoms with van der Waals surface area (Å²) in [4.78, 5) is 28.5. The highest BCUT2D eigenvalue weighted by molar-refractivity contribution is 5.77. The fourth-order valence-corrected chi connectivity index (χ4v) is 12.4. The second-order valence-corrected chi connectivity index (χ2v) is 21.8. The number of hydrogen-bond donors (Lipinski definition) is 2. The van der Waals surface area contributed by atoms with Crippen LogP contribution in [-0.2, 0) is 14.3 Å². The Labute approximate surface area is 339 Å². The molecule has 4 rings (SSSR count). The minimum atomic E-state index is -0.316. The van der Waals surface area contributed by atoms with Gasteiger partial charge >= 0.3 is 5.97 Å². The van der Waals surface area contributed by atoms with E-state index in [1.807, 2.05) is 18.7 Å². The van der Waals surface area contributed by atoms with Crippen LogP contribution in [-0.4, -0.2) is 47.0 Å². The van der Waals surface area contributed by atoms with Crippen molar-refractivity contribution in [3.63, 3.8) is 0 Å². The van der Waals surface area contributed by atoms with Crippen LogP contribution in [0, 0.1) is 52.3 Å². The maximum absolute atomic E-state index is 13.4. The van der Waals surface area contributed by atoms with E-state index in [9.17, 15) is 9.59 Å². The quantitative estimate of drug-likeness (QED) is 0.0649. The standard InChI is InChI=1S/C49H89N3O3/c1-11-37(35(2)3)21-20-36(4)41-24-25-42-40-23-22-38-34-39(26-29-48(38,9)43(40)27-30-49(41,42)10)55-45(54)19-17-18-44(53)52(33-31-47(7,8)51)32-16-14-12-13-15-28-46(5,6)50/h22,35-37,39-43H,11-21,23-34,50-51H2,1-10H3/t36-,37-,39?,40?,41?,42?,43?,48?,49?/m1/s1. The van der Waals surface area contributed by atoms with Gasteiger partial charge in [-0.2, -0.15) is 0 Å². The molecule has 0 radical (unpaired) electrons. The number of rotatable bonds is 22. The maximum atomic E-state index is 13.4. The van der Waals surface area contributed by atoms with Crippen molar-refractivity contribution >= 4 is 11.9 Å². The first-order valence-corrected chi connectivity index (χ1v) is 23.5. The van der Waals surface area contributed by atoms with Gasteiger partial charge in [0, 0.05) is 43.4 Å². The zero-order valence-corrected chi connectivity index (χ0v) is 37.8. The lowest BCUT2D eigenvalue weighted by molar-refractivity contribution is -0.151. The molecule has 0 aromatic carbocycles. The largest absolute Gasteiger partial charge is 0.462 e. The number of nitrogens with zero attached hydrogens (tertiary/aromatic N) is 1. The molecule has 6 heteroatoms. The number of fused-ring (bicyclic) bond motifs is 5. The molecule has 318 valence electrons. The molecule has 6 nitrogen and oxygen atoms in total. The Kier molecular flexibility index (Phi) is 16.9. The summed E-state index contributed by atoms with van der Waals surface area (Å²) in [6, 6.07) is 0. The Bertz CT molecular complexity index is 1250. The van der Waals surface area contributed by atoms with Crippen LogP contribution in [0.15, 0.2) is 11.6 Å². The molecule has 4 N–H and O–H groups in total. The highest BCUT2D eigenvalue weighted by Crippen LogP contribution is 2.67. The molecule has 1 amide bonds. The summed E-state index contributed by atoms with van der Waals surface area (Å²) in [6.45, 7) is 24.7. The lowest BCUT2D eigenvalue weighted by Crippen LogP contribution is -2.51. The summed E-state index contributed by atoms with van der Waals surface area (Å²) in [7, 11) is 0. The molecule has 0 aromatic heterocycles. The Morgan fingerprint density at radius 2 is 1.53 bits per heavy atom. The van der Waals surface area contributed by atoms with E-state index < -0.39 is 0 Å². The smallest absolute Gasteiger partial charge is 0.306 e. The molecule has 7 unspecified atom stereocenters. The topological polar surface area (TPSA) is 98.7 Å². The van der Waals surface area contributed by atoms with E-state index in [1.54, 1.807) is 5.57 Å². The van der Waals surface area contributed by atoms with Crippen LogP contribution >= 0.6 is 0 Å². The first-order valence-electron chi connectivity index (χ1n) is 23.5. The van der Waals surface area contributed by atoms with E-state index in [-0.39, 0.29) is 34.5 Å². The second-order valence-electron chi connectivity index (χ2n) is 21.8. The molecular formula is C49H89N3O3. The Morgan fingerprint density at radius 1 is 0.836 bits per heavy atom. The molecule has 4 aliphatic rings. The summed E-state index contributed by atoms with van der Waals surface area (Å²) in [5.41, 5.74) is 14.3. The molecule has 3 saturated carbocycles. The number of unbranched alkanes of at least 4 members (excludes halogenated alkanes) is 4. The van der Waals surface area contributed by atoms with E-state index in [1.165, 1.54) is 64.2 Å². The van der Waals surface area contributed by atoms with Crippen molar-refractivity contribution in [2.75, 3.05) is 13.1 Å². The van der Waals surface area contributed by atoms with Gasteiger partial charge in [0.1, 0.15) is 6.10 Å². The van der Waals surface area contributed by atoms with Gasteiger partial charge in [-0.25, -0.2) is 0 Å². The minimum Gasteiger partial charge on any atom is -0.462 e. The lowest BCUT2D eigenvalue weighted by atomic mass is 9.47. The molecule has 0 aromatic rings. The summed E-state index contributed by atoms with van der Waals surface area (Å²) in [5, 5.41) is 0. The first kappa shape index (κ1) is 46.3. The zero-order valence-electron chi connectivity index (χ0n) is 37.8. The van der Waals surface area contributed by atoms with E-state index >= 15 is 0 Å². The van der Waals surface area contributed by atoms with Crippen molar-refractivity contribution in [1.29, 1.82) is 0 Å². The fourth-order valence-electron chi connectivity index (χ4n) is 12.4.